The molecule has 22 heavy (non-hydrogen) atoms. The van der Waals surface area contributed by atoms with Gasteiger partial charge in [-0.2, -0.15) is 0 Å². The van der Waals surface area contributed by atoms with Crippen LogP contribution in [0, 0.1) is 19.8 Å². The van der Waals surface area contributed by atoms with E-state index in [-0.39, 0.29) is 11.8 Å². The van der Waals surface area contributed by atoms with Crippen molar-refractivity contribution in [1.29, 1.82) is 0 Å². The number of anilines is 2. The molecule has 2 aromatic rings. The average molecular weight is 317 g/mol. The number of rotatable bonds is 3. The first-order chi connectivity index (χ1) is 10.6. The number of piperidine rings is 1. The molecule has 1 amide bonds. The lowest BCUT2D eigenvalue weighted by molar-refractivity contribution is -0.120. The normalized spacial score (nSPS) is 15.8. The van der Waals surface area contributed by atoms with Gasteiger partial charge in [0.05, 0.1) is 0 Å². The van der Waals surface area contributed by atoms with Crippen molar-refractivity contribution in [3.05, 3.63) is 29.0 Å². The van der Waals surface area contributed by atoms with Gasteiger partial charge in [0.15, 0.2) is 5.13 Å². The molecule has 0 saturated carbocycles. The molecule has 1 aliphatic heterocycles. The molecule has 3 rings (SSSR count). The summed E-state index contributed by atoms with van der Waals surface area (Å²) in [5.74, 6) is 0.873. The molecule has 3 heterocycles. The van der Waals surface area contributed by atoms with E-state index in [1.807, 2.05) is 25.3 Å². The molecule has 1 fully saturated rings. The van der Waals surface area contributed by atoms with E-state index in [0.29, 0.717) is 5.13 Å². The number of nitrogens with one attached hydrogen (secondary N) is 1. The fraction of sp³-hybridized carbons (Fsp3) is 0.467. The van der Waals surface area contributed by atoms with Gasteiger partial charge >= 0.3 is 0 Å². The Morgan fingerprint density at radius 1 is 1.27 bits per heavy atom. The van der Waals surface area contributed by atoms with E-state index < -0.39 is 0 Å². The number of amides is 1. The standard InChI is InChI=1S/C15H19N5OS/c1-10-9-11(2)18-14(17-10)20-6-3-12(4-7-20)13(21)19-15-16-5-8-22-15/h5,8-9,12H,3-4,6-7H2,1-2H3,(H,16,19,21). The van der Waals surface area contributed by atoms with E-state index in [9.17, 15) is 4.79 Å². The first kappa shape index (κ1) is 14.9. The van der Waals surface area contributed by atoms with Gasteiger partial charge in [-0.25, -0.2) is 15.0 Å². The van der Waals surface area contributed by atoms with Crippen LogP contribution in [-0.2, 0) is 4.79 Å². The molecule has 1 aliphatic rings. The Balaban J connectivity index is 1.59. The smallest absolute Gasteiger partial charge is 0.229 e. The van der Waals surface area contributed by atoms with Gasteiger partial charge < -0.3 is 10.2 Å². The molecule has 2 aromatic heterocycles. The predicted molar refractivity (Wildman–Crippen MR) is 87.2 cm³/mol. The van der Waals surface area contributed by atoms with Crippen LogP contribution < -0.4 is 10.2 Å². The second-order valence-corrected chi connectivity index (χ2v) is 6.43. The Morgan fingerprint density at radius 2 is 1.95 bits per heavy atom. The summed E-state index contributed by atoms with van der Waals surface area (Å²) in [5.41, 5.74) is 1.96. The highest BCUT2D eigenvalue weighted by molar-refractivity contribution is 7.13. The average Bonchev–Trinajstić information content (AvgIpc) is 2.99. The Hall–Kier alpha value is -2.02. The van der Waals surface area contributed by atoms with E-state index in [0.717, 1.165) is 43.3 Å². The van der Waals surface area contributed by atoms with Crippen molar-refractivity contribution in [3.8, 4) is 0 Å². The van der Waals surface area contributed by atoms with Crippen molar-refractivity contribution in [2.45, 2.75) is 26.7 Å². The third-order valence-corrected chi connectivity index (χ3v) is 4.47. The van der Waals surface area contributed by atoms with Gasteiger partial charge in [-0.1, -0.05) is 0 Å². The van der Waals surface area contributed by atoms with Crippen molar-refractivity contribution in [2.24, 2.45) is 5.92 Å². The third-order valence-electron chi connectivity index (χ3n) is 3.78. The lowest BCUT2D eigenvalue weighted by Gasteiger charge is -2.31. The minimum Gasteiger partial charge on any atom is -0.341 e. The maximum absolute atomic E-state index is 12.2. The molecule has 6 nitrogen and oxygen atoms in total. The predicted octanol–water partition coefficient (Wildman–Crippen LogP) is 2.41. The number of nitrogens with zero attached hydrogens (tertiary/aromatic N) is 4. The summed E-state index contributed by atoms with van der Waals surface area (Å²) in [6, 6.07) is 1.97. The van der Waals surface area contributed by atoms with Gasteiger partial charge in [0.2, 0.25) is 11.9 Å². The lowest BCUT2D eigenvalue weighted by Crippen LogP contribution is -2.39. The first-order valence-corrected chi connectivity index (χ1v) is 8.27. The monoisotopic (exact) mass is 317 g/mol. The molecular formula is C15H19N5OS. The van der Waals surface area contributed by atoms with E-state index >= 15 is 0 Å². The van der Waals surface area contributed by atoms with Crippen molar-refractivity contribution in [2.75, 3.05) is 23.3 Å². The fourth-order valence-electron chi connectivity index (χ4n) is 2.68. The molecule has 0 spiro atoms. The Morgan fingerprint density at radius 3 is 2.55 bits per heavy atom. The van der Waals surface area contributed by atoms with Crippen molar-refractivity contribution in [3.63, 3.8) is 0 Å². The molecule has 0 atom stereocenters. The number of hydrogen-bond acceptors (Lipinski definition) is 6. The van der Waals surface area contributed by atoms with E-state index in [1.54, 1.807) is 6.20 Å². The Labute approximate surface area is 133 Å². The van der Waals surface area contributed by atoms with Gasteiger partial charge in [0.1, 0.15) is 0 Å². The van der Waals surface area contributed by atoms with E-state index in [1.165, 1.54) is 11.3 Å². The van der Waals surface area contributed by atoms with Crippen LogP contribution in [0.25, 0.3) is 0 Å². The number of aryl methyl sites for hydroxylation is 2. The van der Waals surface area contributed by atoms with Crippen molar-refractivity contribution >= 4 is 28.3 Å². The maximum Gasteiger partial charge on any atom is 0.229 e. The highest BCUT2D eigenvalue weighted by Crippen LogP contribution is 2.23. The Bertz CT molecular complexity index is 630. The zero-order valence-electron chi connectivity index (χ0n) is 12.7. The molecule has 0 unspecified atom stereocenters. The van der Waals surface area contributed by atoms with E-state index in [2.05, 4.69) is 25.2 Å². The maximum atomic E-state index is 12.2. The van der Waals surface area contributed by atoms with Gasteiger partial charge in [-0.05, 0) is 32.8 Å². The molecule has 0 aromatic carbocycles. The van der Waals surface area contributed by atoms with Gasteiger partial charge in [-0.3, -0.25) is 4.79 Å². The minimum absolute atomic E-state index is 0.0334. The topological polar surface area (TPSA) is 71.0 Å². The van der Waals surface area contributed by atoms with Crippen LogP contribution in [0.1, 0.15) is 24.2 Å². The van der Waals surface area contributed by atoms with Crippen LogP contribution in [0.5, 0.6) is 0 Å². The second-order valence-electron chi connectivity index (χ2n) is 5.54. The van der Waals surface area contributed by atoms with Gasteiger partial charge in [-0.15, -0.1) is 11.3 Å². The van der Waals surface area contributed by atoms with Crippen LogP contribution in [-0.4, -0.2) is 33.9 Å². The zero-order chi connectivity index (χ0) is 15.5. The van der Waals surface area contributed by atoms with Crippen LogP contribution >= 0.6 is 11.3 Å². The summed E-state index contributed by atoms with van der Waals surface area (Å²) in [6.45, 7) is 5.57. The third kappa shape index (κ3) is 3.41. The van der Waals surface area contributed by atoms with Gasteiger partial charge in [0, 0.05) is 42.0 Å². The minimum atomic E-state index is 0.0334. The number of thiazole rings is 1. The van der Waals surface area contributed by atoms with Crippen molar-refractivity contribution < 1.29 is 4.79 Å². The highest BCUT2D eigenvalue weighted by atomic mass is 32.1. The summed E-state index contributed by atoms with van der Waals surface area (Å²) in [6.07, 6.45) is 3.32. The molecule has 116 valence electrons. The van der Waals surface area contributed by atoms with Gasteiger partial charge in [0.25, 0.3) is 0 Å². The number of hydrogen-bond donors (Lipinski definition) is 1. The lowest BCUT2D eigenvalue weighted by atomic mass is 9.96. The number of carbonyl (C=O) groups is 1. The second kappa shape index (κ2) is 6.39. The molecule has 0 bridgehead atoms. The molecule has 1 saturated heterocycles. The number of carbonyl (C=O) groups excluding carboxylic acids is 1. The van der Waals surface area contributed by atoms with Crippen LogP contribution in [0.2, 0.25) is 0 Å². The first-order valence-electron chi connectivity index (χ1n) is 7.39. The quantitative estimate of drug-likeness (QED) is 0.941. The van der Waals surface area contributed by atoms with Crippen LogP contribution in [0.15, 0.2) is 17.6 Å². The summed E-state index contributed by atoms with van der Waals surface area (Å²) >= 11 is 1.44. The van der Waals surface area contributed by atoms with Crippen LogP contribution in [0.4, 0.5) is 11.1 Å². The summed E-state index contributed by atoms with van der Waals surface area (Å²) in [4.78, 5) is 27.5. The molecule has 0 radical (unpaired) electrons. The Kier molecular flexibility index (Phi) is 4.33. The summed E-state index contributed by atoms with van der Waals surface area (Å²) in [5, 5.41) is 5.41. The summed E-state index contributed by atoms with van der Waals surface area (Å²) in [7, 11) is 0. The molecule has 1 N–H and O–H groups in total. The fourth-order valence-corrected chi connectivity index (χ4v) is 3.21. The number of aromatic nitrogens is 3. The zero-order valence-corrected chi connectivity index (χ0v) is 13.6. The van der Waals surface area contributed by atoms with Crippen LogP contribution in [0.3, 0.4) is 0 Å². The largest absolute Gasteiger partial charge is 0.341 e. The molecular weight excluding hydrogens is 298 g/mol. The summed E-state index contributed by atoms with van der Waals surface area (Å²) < 4.78 is 0. The highest BCUT2D eigenvalue weighted by Gasteiger charge is 2.26. The van der Waals surface area contributed by atoms with Crippen molar-refractivity contribution in [1.82, 2.24) is 15.0 Å². The SMILES string of the molecule is Cc1cc(C)nc(N2CCC(C(=O)Nc3nccs3)CC2)n1. The molecule has 7 heteroatoms. The van der Waals surface area contributed by atoms with E-state index in [4.69, 9.17) is 0 Å². The molecule has 0 aliphatic carbocycles.